The lowest BCUT2D eigenvalue weighted by atomic mass is 10.2. The maximum absolute atomic E-state index is 11.6. The Balaban J connectivity index is 2.87. The molecule has 0 saturated heterocycles. The summed E-state index contributed by atoms with van der Waals surface area (Å²) in [7, 11) is -6.79. The summed E-state index contributed by atoms with van der Waals surface area (Å²) < 4.78 is 46.4. The van der Waals surface area contributed by atoms with Gasteiger partial charge >= 0.3 is 0 Å². The minimum Gasteiger partial charge on any atom is -0.395 e. The van der Waals surface area contributed by atoms with E-state index < -0.39 is 32.9 Å². The number of sulfone groups is 2. The van der Waals surface area contributed by atoms with Crippen LogP contribution < -0.4 is 0 Å². The van der Waals surface area contributed by atoms with Crippen molar-refractivity contribution >= 4 is 19.7 Å². The van der Waals surface area contributed by atoms with Gasteiger partial charge in [0.25, 0.3) is 0 Å². The van der Waals surface area contributed by atoms with E-state index in [9.17, 15) is 16.8 Å². The average molecular weight is 322 g/mol. The van der Waals surface area contributed by atoms with Gasteiger partial charge in [-0.1, -0.05) is 24.3 Å². The number of benzene rings is 1. The van der Waals surface area contributed by atoms with Gasteiger partial charge in [-0.25, -0.2) is 16.8 Å². The maximum atomic E-state index is 11.6. The van der Waals surface area contributed by atoms with E-state index in [4.69, 9.17) is 10.2 Å². The van der Waals surface area contributed by atoms with Gasteiger partial charge in [-0.05, 0) is 11.1 Å². The summed E-state index contributed by atoms with van der Waals surface area (Å²) in [6, 6.07) is 6.30. The molecule has 114 valence electrons. The first-order valence-electron chi connectivity index (χ1n) is 5.98. The SMILES string of the molecule is O=S(=O)(CCO)Cc1cccc(CS(=O)(=O)CCO)c1. The van der Waals surface area contributed by atoms with Gasteiger partial charge in [0, 0.05) is 0 Å². The van der Waals surface area contributed by atoms with E-state index >= 15 is 0 Å². The fraction of sp³-hybridized carbons (Fsp3) is 0.500. The quantitative estimate of drug-likeness (QED) is 0.668. The molecule has 0 fully saturated rings. The third-order valence-corrected chi connectivity index (χ3v) is 5.72. The van der Waals surface area contributed by atoms with Crippen molar-refractivity contribution in [2.45, 2.75) is 11.5 Å². The average Bonchev–Trinajstić information content (AvgIpc) is 2.27. The molecule has 1 aromatic carbocycles. The van der Waals surface area contributed by atoms with Crippen molar-refractivity contribution in [3.8, 4) is 0 Å². The van der Waals surface area contributed by atoms with E-state index in [2.05, 4.69) is 0 Å². The van der Waals surface area contributed by atoms with Crippen LogP contribution in [0.5, 0.6) is 0 Å². The maximum Gasteiger partial charge on any atom is 0.156 e. The van der Waals surface area contributed by atoms with Crippen LogP contribution in [-0.4, -0.2) is 51.8 Å². The number of aliphatic hydroxyl groups is 2. The molecule has 0 aliphatic carbocycles. The van der Waals surface area contributed by atoms with Crippen molar-refractivity contribution in [3.63, 3.8) is 0 Å². The molecule has 1 rings (SSSR count). The topological polar surface area (TPSA) is 109 Å². The second kappa shape index (κ2) is 7.16. The van der Waals surface area contributed by atoms with Gasteiger partial charge in [-0.2, -0.15) is 0 Å². The van der Waals surface area contributed by atoms with Crippen LogP contribution in [0.3, 0.4) is 0 Å². The lowest BCUT2D eigenvalue weighted by molar-refractivity contribution is 0.319. The van der Waals surface area contributed by atoms with Crippen molar-refractivity contribution in [3.05, 3.63) is 35.4 Å². The summed E-state index contributed by atoms with van der Waals surface area (Å²) in [5, 5.41) is 17.3. The number of rotatable bonds is 8. The Morgan fingerprint density at radius 2 is 1.20 bits per heavy atom. The lowest BCUT2D eigenvalue weighted by Crippen LogP contribution is -2.14. The van der Waals surface area contributed by atoms with E-state index in [1.54, 1.807) is 18.2 Å². The van der Waals surface area contributed by atoms with Crippen LogP contribution in [-0.2, 0) is 31.2 Å². The van der Waals surface area contributed by atoms with Crippen LogP contribution in [0.1, 0.15) is 11.1 Å². The molecule has 0 atom stereocenters. The summed E-state index contributed by atoms with van der Waals surface area (Å²) in [5.41, 5.74) is 0.963. The fourth-order valence-corrected chi connectivity index (χ4v) is 3.96. The summed E-state index contributed by atoms with van der Waals surface area (Å²) in [6.07, 6.45) is 0. The summed E-state index contributed by atoms with van der Waals surface area (Å²) in [5.74, 6) is -1.11. The number of aliphatic hydroxyl groups excluding tert-OH is 2. The molecule has 0 aromatic heterocycles. The van der Waals surface area contributed by atoms with Gasteiger partial charge in [-0.15, -0.1) is 0 Å². The third-order valence-electron chi connectivity index (χ3n) is 2.57. The Bertz CT molecular complexity index is 580. The van der Waals surface area contributed by atoms with E-state index in [0.717, 1.165) is 0 Å². The zero-order valence-electron chi connectivity index (χ0n) is 10.9. The van der Waals surface area contributed by atoms with Crippen molar-refractivity contribution in [2.24, 2.45) is 0 Å². The van der Waals surface area contributed by atoms with Crippen LogP contribution in [0.25, 0.3) is 0 Å². The van der Waals surface area contributed by atoms with Gasteiger partial charge in [-0.3, -0.25) is 0 Å². The molecule has 0 aliphatic rings. The first-order valence-corrected chi connectivity index (χ1v) is 9.63. The molecule has 0 radical (unpaired) electrons. The van der Waals surface area contributed by atoms with Crippen molar-refractivity contribution < 1.29 is 27.0 Å². The van der Waals surface area contributed by atoms with Gasteiger partial charge in [0.05, 0.1) is 36.2 Å². The minimum absolute atomic E-state index is 0.235. The molecule has 0 heterocycles. The van der Waals surface area contributed by atoms with E-state index in [-0.39, 0.29) is 23.0 Å². The van der Waals surface area contributed by atoms with Crippen molar-refractivity contribution in [1.29, 1.82) is 0 Å². The second-order valence-electron chi connectivity index (χ2n) is 4.45. The van der Waals surface area contributed by atoms with Crippen molar-refractivity contribution in [1.82, 2.24) is 0 Å². The van der Waals surface area contributed by atoms with Gasteiger partial charge in [0.2, 0.25) is 0 Å². The molecule has 0 aliphatic heterocycles. The highest BCUT2D eigenvalue weighted by Gasteiger charge is 2.14. The van der Waals surface area contributed by atoms with Gasteiger partial charge < -0.3 is 10.2 Å². The van der Waals surface area contributed by atoms with E-state index in [0.29, 0.717) is 11.1 Å². The first kappa shape index (κ1) is 17.1. The molecule has 0 saturated carbocycles. The number of hydrogen-bond acceptors (Lipinski definition) is 6. The monoisotopic (exact) mass is 322 g/mol. The number of hydrogen-bond donors (Lipinski definition) is 2. The van der Waals surface area contributed by atoms with Crippen LogP contribution in [0.2, 0.25) is 0 Å². The summed E-state index contributed by atoms with van der Waals surface area (Å²) in [6.45, 7) is -0.875. The highest BCUT2D eigenvalue weighted by atomic mass is 32.2. The smallest absolute Gasteiger partial charge is 0.156 e. The van der Waals surface area contributed by atoms with Gasteiger partial charge in [0.15, 0.2) is 19.7 Å². The Labute approximate surface area is 118 Å². The van der Waals surface area contributed by atoms with E-state index in [1.165, 1.54) is 6.07 Å². The molecule has 2 N–H and O–H groups in total. The highest BCUT2D eigenvalue weighted by Crippen LogP contribution is 2.12. The lowest BCUT2D eigenvalue weighted by Gasteiger charge is -2.06. The summed E-state index contributed by atoms with van der Waals surface area (Å²) >= 11 is 0. The second-order valence-corrected chi connectivity index (χ2v) is 8.82. The zero-order chi connectivity index (χ0) is 15.2. The molecule has 0 spiro atoms. The molecule has 1 aromatic rings. The molecular formula is C12H18O6S2. The van der Waals surface area contributed by atoms with Gasteiger partial charge in [0.1, 0.15) is 0 Å². The molecule has 6 nitrogen and oxygen atoms in total. The largest absolute Gasteiger partial charge is 0.395 e. The predicted molar refractivity (Wildman–Crippen MR) is 75.6 cm³/mol. The zero-order valence-corrected chi connectivity index (χ0v) is 12.5. The molecule has 0 unspecified atom stereocenters. The Hall–Kier alpha value is -0.960. The van der Waals surface area contributed by atoms with Crippen molar-refractivity contribution in [2.75, 3.05) is 24.7 Å². The van der Waals surface area contributed by atoms with Crippen LogP contribution in [0.4, 0.5) is 0 Å². The molecule has 0 bridgehead atoms. The Morgan fingerprint density at radius 1 is 0.800 bits per heavy atom. The summed E-state index contributed by atoms with van der Waals surface area (Å²) in [4.78, 5) is 0. The predicted octanol–water partition coefficient (Wildman–Crippen LogP) is -0.499. The Kier molecular flexibility index (Phi) is 6.12. The minimum atomic E-state index is -3.39. The highest BCUT2D eigenvalue weighted by molar-refractivity contribution is 7.90. The van der Waals surface area contributed by atoms with Crippen LogP contribution >= 0.6 is 0 Å². The normalized spacial score (nSPS) is 12.5. The molecular weight excluding hydrogens is 304 g/mol. The standard InChI is InChI=1S/C12H18O6S2/c13-4-6-19(15,16)9-11-2-1-3-12(8-11)10-20(17,18)7-5-14/h1-3,8,13-14H,4-7,9-10H2. The Morgan fingerprint density at radius 3 is 1.55 bits per heavy atom. The van der Waals surface area contributed by atoms with Crippen LogP contribution in [0.15, 0.2) is 24.3 Å². The van der Waals surface area contributed by atoms with E-state index in [1.807, 2.05) is 0 Å². The van der Waals surface area contributed by atoms with Crippen LogP contribution in [0, 0.1) is 0 Å². The third kappa shape index (κ3) is 6.00. The molecule has 8 heteroatoms. The fourth-order valence-electron chi connectivity index (χ4n) is 1.74. The molecule has 0 amide bonds. The first-order chi connectivity index (χ1) is 9.28. The molecule has 20 heavy (non-hydrogen) atoms.